The Kier molecular flexibility index (Phi) is 3.47. The van der Waals surface area contributed by atoms with Gasteiger partial charge >= 0.3 is 0 Å². The topological polar surface area (TPSA) is 12.0 Å². The van der Waals surface area contributed by atoms with Gasteiger partial charge in [0.05, 0.1) is 0 Å². The molecule has 0 aliphatic carbocycles. The van der Waals surface area contributed by atoms with Crippen molar-refractivity contribution in [3.63, 3.8) is 0 Å². The van der Waals surface area contributed by atoms with E-state index in [0.717, 1.165) is 6.54 Å². The summed E-state index contributed by atoms with van der Waals surface area (Å²) in [5, 5.41) is 7.49. The number of nitrogens with one attached hydrogen (secondary N) is 1. The quantitative estimate of drug-likeness (QED) is 0.655. The number of hydrogen-bond acceptors (Lipinski definition) is 2. The Balaban J connectivity index is 2.15. The SMILES string of the molecule is CNCCCc1ccsc1. The highest BCUT2D eigenvalue weighted by molar-refractivity contribution is 7.07. The molecule has 10 heavy (non-hydrogen) atoms. The lowest BCUT2D eigenvalue weighted by Gasteiger charge is -1.95. The van der Waals surface area contributed by atoms with Crippen LogP contribution in [-0.2, 0) is 6.42 Å². The van der Waals surface area contributed by atoms with Crippen LogP contribution in [0, 0.1) is 0 Å². The van der Waals surface area contributed by atoms with Gasteiger partial charge in [-0.1, -0.05) is 0 Å². The highest BCUT2D eigenvalue weighted by Crippen LogP contribution is 2.07. The highest BCUT2D eigenvalue weighted by Gasteiger charge is 1.90. The molecule has 0 radical (unpaired) electrons. The van der Waals surface area contributed by atoms with Crippen molar-refractivity contribution in [1.82, 2.24) is 5.32 Å². The summed E-state index contributed by atoms with van der Waals surface area (Å²) >= 11 is 1.78. The monoisotopic (exact) mass is 155 g/mol. The number of rotatable bonds is 4. The summed E-state index contributed by atoms with van der Waals surface area (Å²) in [5.41, 5.74) is 1.47. The van der Waals surface area contributed by atoms with Crippen molar-refractivity contribution in [2.75, 3.05) is 13.6 Å². The minimum atomic E-state index is 1.12. The van der Waals surface area contributed by atoms with E-state index in [1.165, 1.54) is 18.4 Å². The van der Waals surface area contributed by atoms with Crippen molar-refractivity contribution in [3.05, 3.63) is 22.4 Å². The summed E-state index contributed by atoms with van der Waals surface area (Å²) in [6.07, 6.45) is 2.46. The molecule has 1 N–H and O–H groups in total. The third kappa shape index (κ3) is 2.50. The van der Waals surface area contributed by atoms with Crippen molar-refractivity contribution in [2.24, 2.45) is 0 Å². The maximum atomic E-state index is 3.13. The van der Waals surface area contributed by atoms with Crippen LogP contribution in [0.1, 0.15) is 12.0 Å². The van der Waals surface area contributed by atoms with Gasteiger partial charge in [-0.3, -0.25) is 0 Å². The first-order valence-electron chi connectivity index (χ1n) is 3.59. The Morgan fingerprint density at radius 3 is 3.10 bits per heavy atom. The van der Waals surface area contributed by atoms with E-state index >= 15 is 0 Å². The second-order valence-corrected chi connectivity index (χ2v) is 3.12. The normalized spacial score (nSPS) is 10.1. The Hall–Kier alpha value is -0.340. The number of aryl methyl sites for hydroxylation is 1. The Morgan fingerprint density at radius 2 is 2.50 bits per heavy atom. The minimum Gasteiger partial charge on any atom is -0.320 e. The van der Waals surface area contributed by atoms with Gasteiger partial charge in [0.2, 0.25) is 0 Å². The first-order chi connectivity index (χ1) is 4.93. The third-order valence-corrected chi connectivity index (χ3v) is 2.20. The molecule has 0 bridgehead atoms. The fourth-order valence-corrected chi connectivity index (χ4v) is 1.61. The summed E-state index contributed by atoms with van der Waals surface area (Å²) in [6, 6.07) is 2.19. The molecule has 0 atom stereocenters. The van der Waals surface area contributed by atoms with E-state index in [1.807, 2.05) is 7.05 Å². The van der Waals surface area contributed by atoms with Crippen molar-refractivity contribution in [1.29, 1.82) is 0 Å². The minimum absolute atomic E-state index is 1.12. The Labute approximate surface area is 66.1 Å². The highest BCUT2D eigenvalue weighted by atomic mass is 32.1. The van der Waals surface area contributed by atoms with Crippen LogP contribution in [-0.4, -0.2) is 13.6 Å². The lowest BCUT2D eigenvalue weighted by molar-refractivity contribution is 0.726. The van der Waals surface area contributed by atoms with Crippen LogP contribution in [0.15, 0.2) is 16.8 Å². The maximum absolute atomic E-state index is 3.13. The predicted molar refractivity (Wildman–Crippen MR) is 46.6 cm³/mol. The number of hydrogen-bond donors (Lipinski definition) is 1. The molecule has 0 aliphatic heterocycles. The van der Waals surface area contributed by atoms with Crippen LogP contribution < -0.4 is 5.32 Å². The van der Waals surface area contributed by atoms with Crippen LogP contribution in [0.4, 0.5) is 0 Å². The van der Waals surface area contributed by atoms with E-state index in [4.69, 9.17) is 0 Å². The predicted octanol–water partition coefficient (Wildman–Crippen LogP) is 1.90. The molecule has 1 aromatic heterocycles. The largest absolute Gasteiger partial charge is 0.320 e. The molecule has 0 aromatic carbocycles. The second kappa shape index (κ2) is 4.47. The second-order valence-electron chi connectivity index (χ2n) is 2.34. The molecule has 0 unspecified atom stereocenters. The molecule has 1 heterocycles. The fourth-order valence-electron chi connectivity index (χ4n) is 0.904. The standard InChI is InChI=1S/C8H13NS/c1-9-5-2-3-8-4-6-10-7-8/h4,6-7,9H,2-3,5H2,1H3. The van der Waals surface area contributed by atoms with Crippen LogP contribution in [0.3, 0.4) is 0 Å². The molecule has 1 nitrogen and oxygen atoms in total. The molecule has 0 aliphatic rings. The Morgan fingerprint density at radius 1 is 1.60 bits per heavy atom. The van der Waals surface area contributed by atoms with Crippen LogP contribution in [0.5, 0.6) is 0 Å². The van der Waals surface area contributed by atoms with E-state index in [2.05, 4.69) is 22.1 Å². The molecule has 0 saturated carbocycles. The van der Waals surface area contributed by atoms with Gasteiger partial charge < -0.3 is 5.32 Å². The lowest BCUT2D eigenvalue weighted by Crippen LogP contribution is -2.07. The molecular formula is C8H13NS. The summed E-state index contributed by atoms with van der Waals surface area (Å²) in [5.74, 6) is 0. The molecule has 2 heteroatoms. The van der Waals surface area contributed by atoms with E-state index in [9.17, 15) is 0 Å². The van der Waals surface area contributed by atoms with Crippen molar-refractivity contribution >= 4 is 11.3 Å². The molecule has 56 valence electrons. The summed E-state index contributed by atoms with van der Waals surface area (Å²) in [4.78, 5) is 0. The summed E-state index contributed by atoms with van der Waals surface area (Å²) in [6.45, 7) is 1.12. The van der Waals surface area contributed by atoms with E-state index < -0.39 is 0 Å². The zero-order valence-electron chi connectivity index (χ0n) is 6.26. The van der Waals surface area contributed by atoms with Crippen LogP contribution >= 0.6 is 11.3 Å². The van der Waals surface area contributed by atoms with E-state index in [-0.39, 0.29) is 0 Å². The van der Waals surface area contributed by atoms with Gasteiger partial charge in [0, 0.05) is 0 Å². The average molecular weight is 155 g/mol. The van der Waals surface area contributed by atoms with Gasteiger partial charge in [-0.25, -0.2) is 0 Å². The zero-order chi connectivity index (χ0) is 7.23. The molecule has 1 rings (SSSR count). The first-order valence-corrected chi connectivity index (χ1v) is 4.53. The molecule has 0 amide bonds. The average Bonchev–Trinajstić information content (AvgIpc) is 2.41. The van der Waals surface area contributed by atoms with Gasteiger partial charge in [-0.15, -0.1) is 0 Å². The van der Waals surface area contributed by atoms with Gasteiger partial charge in [0.25, 0.3) is 0 Å². The van der Waals surface area contributed by atoms with Crippen LogP contribution in [0.25, 0.3) is 0 Å². The molecule has 0 spiro atoms. The first kappa shape index (κ1) is 7.76. The third-order valence-electron chi connectivity index (χ3n) is 1.47. The van der Waals surface area contributed by atoms with Crippen LogP contribution in [0.2, 0.25) is 0 Å². The summed E-state index contributed by atoms with van der Waals surface area (Å²) < 4.78 is 0. The number of thiophene rings is 1. The van der Waals surface area contributed by atoms with E-state index in [1.54, 1.807) is 11.3 Å². The Bertz CT molecular complexity index is 158. The van der Waals surface area contributed by atoms with E-state index in [0.29, 0.717) is 0 Å². The van der Waals surface area contributed by atoms with Crippen molar-refractivity contribution in [2.45, 2.75) is 12.8 Å². The molecule has 1 aromatic rings. The summed E-state index contributed by atoms with van der Waals surface area (Å²) in [7, 11) is 1.99. The van der Waals surface area contributed by atoms with Gasteiger partial charge in [-0.05, 0) is 48.8 Å². The van der Waals surface area contributed by atoms with Gasteiger partial charge in [0.1, 0.15) is 0 Å². The smallest absolute Gasteiger partial charge is 0.00487 e. The maximum Gasteiger partial charge on any atom is -0.00487 e. The molecule has 0 saturated heterocycles. The van der Waals surface area contributed by atoms with Crippen molar-refractivity contribution in [3.8, 4) is 0 Å². The van der Waals surface area contributed by atoms with Crippen molar-refractivity contribution < 1.29 is 0 Å². The van der Waals surface area contributed by atoms with Gasteiger partial charge in [0.15, 0.2) is 0 Å². The lowest BCUT2D eigenvalue weighted by atomic mass is 10.2. The fraction of sp³-hybridized carbons (Fsp3) is 0.500. The van der Waals surface area contributed by atoms with Gasteiger partial charge in [-0.2, -0.15) is 11.3 Å². The zero-order valence-corrected chi connectivity index (χ0v) is 7.08. The molecule has 0 fully saturated rings. The molecular weight excluding hydrogens is 142 g/mol.